The molecule has 0 aliphatic heterocycles. The van der Waals surface area contributed by atoms with Gasteiger partial charge >= 0.3 is 0 Å². The van der Waals surface area contributed by atoms with Gasteiger partial charge in [0, 0.05) is 17.6 Å². The molecule has 0 aromatic heterocycles. The Hall–Kier alpha value is -1.49. The Morgan fingerprint density at radius 1 is 1.16 bits per heavy atom. The summed E-state index contributed by atoms with van der Waals surface area (Å²) < 4.78 is 24.8. The molecular weight excluding hydrogens is 364 g/mol. The number of benzene rings is 2. The molecule has 25 heavy (non-hydrogen) atoms. The first-order valence-electron chi connectivity index (χ1n) is 7.78. The Morgan fingerprint density at radius 3 is 2.44 bits per heavy atom. The van der Waals surface area contributed by atoms with Crippen LogP contribution in [0.2, 0.25) is 5.02 Å². The van der Waals surface area contributed by atoms with Crippen LogP contribution >= 0.6 is 24.0 Å². The Labute approximate surface area is 159 Å². The van der Waals surface area contributed by atoms with E-state index in [4.69, 9.17) is 21.1 Å². The minimum Gasteiger partial charge on any atom is -0.493 e. The predicted octanol–water partition coefficient (Wildman–Crippen LogP) is 5.38. The largest absolute Gasteiger partial charge is 0.493 e. The summed E-state index contributed by atoms with van der Waals surface area (Å²) >= 11 is 6.34. The summed E-state index contributed by atoms with van der Waals surface area (Å²) in [5, 5.41) is 3.84. The molecule has 0 aliphatic rings. The molecule has 0 aliphatic carbocycles. The molecule has 0 radical (unpaired) electrons. The summed E-state index contributed by atoms with van der Waals surface area (Å²) in [5.41, 5.74) is 1.46. The third-order valence-corrected chi connectivity index (χ3v) is 3.72. The summed E-state index contributed by atoms with van der Waals surface area (Å²) in [5.74, 6) is 0.644. The van der Waals surface area contributed by atoms with Gasteiger partial charge in [-0.05, 0) is 44.5 Å². The third-order valence-electron chi connectivity index (χ3n) is 3.44. The lowest BCUT2D eigenvalue weighted by molar-refractivity contribution is 0.279. The Kier molecular flexibility index (Phi) is 8.00. The molecule has 0 amide bonds. The lowest BCUT2D eigenvalue weighted by Gasteiger charge is -2.21. The van der Waals surface area contributed by atoms with Crippen LogP contribution in [0.1, 0.15) is 31.9 Å². The molecule has 6 heteroatoms. The number of hydrogen-bond acceptors (Lipinski definition) is 3. The number of methoxy groups -OCH3 is 1. The van der Waals surface area contributed by atoms with Crippen molar-refractivity contribution in [3.63, 3.8) is 0 Å². The minimum absolute atomic E-state index is 0. The van der Waals surface area contributed by atoms with Crippen molar-refractivity contribution < 1.29 is 13.9 Å². The predicted molar refractivity (Wildman–Crippen MR) is 103 cm³/mol. The Bertz CT molecular complexity index is 702. The van der Waals surface area contributed by atoms with Gasteiger partial charge in [0.05, 0.1) is 12.1 Å². The van der Waals surface area contributed by atoms with Gasteiger partial charge in [0.15, 0.2) is 11.5 Å². The van der Waals surface area contributed by atoms with Gasteiger partial charge in [-0.15, -0.1) is 12.4 Å². The van der Waals surface area contributed by atoms with Crippen molar-refractivity contribution in [1.29, 1.82) is 0 Å². The second-order valence-corrected chi connectivity index (χ2v) is 7.00. The zero-order chi connectivity index (χ0) is 17.7. The van der Waals surface area contributed by atoms with Crippen LogP contribution in [-0.2, 0) is 13.2 Å². The highest BCUT2D eigenvalue weighted by atomic mass is 35.5. The topological polar surface area (TPSA) is 30.5 Å². The third kappa shape index (κ3) is 6.38. The molecule has 0 spiro atoms. The average Bonchev–Trinajstić information content (AvgIpc) is 2.52. The van der Waals surface area contributed by atoms with E-state index in [2.05, 4.69) is 26.1 Å². The number of ether oxygens (including phenoxy) is 2. The van der Waals surface area contributed by atoms with Crippen LogP contribution < -0.4 is 14.8 Å². The van der Waals surface area contributed by atoms with E-state index < -0.39 is 0 Å². The lowest BCUT2D eigenvalue weighted by atomic mass is 10.1. The van der Waals surface area contributed by atoms with Crippen LogP contribution in [0, 0.1) is 5.82 Å². The molecule has 0 fully saturated rings. The van der Waals surface area contributed by atoms with Crippen molar-refractivity contribution in [2.24, 2.45) is 0 Å². The number of nitrogens with one attached hydrogen (secondary N) is 1. The highest BCUT2D eigenvalue weighted by molar-refractivity contribution is 6.32. The summed E-state index contributed by atoms with van der Waals surface area (Å²) in [7, 11) is 1.56. The van der Waals surface area contributed by atoms with E-state index >= 15 is 0 Å². The fraction of sp³-hybridized carbons (Fsp3) is 0.368. The summed E-state index contributed by atoms with van der Waals surface area (Å²) in [6.07, 6.45) is 0. The highest BCUT2D eigenvalue weighted by Crippen LogP contribution is 2.37. The molecule has 0 bridgehead atoms. The second kappa shape index (κ2) is 9.27. The van der Waals surface area contributed by atoms with Crippen LogP contribution in [-0.4, -0.2) is 12.6 Å². The summed E-state index contributed by atoms with van der Waals surface area (Å²) in [6, 6.07) is 10.2. The zero-order valence-electron chi connectivity index (χ0n) is 14.9. The van der Waals surface area contributed by atoms with Crippen molar-refractivity contribution in [1.82, 2.24) is 5.32 Å². The van der Waals surface area contributed by atoms with E-state index in [1.807, 2.05) is 12.1 Å². The fourth-order valence-corrected chi connectivity index (χ4v) is 2.44. The molecule has 2 rings (SSSR count). The smallest absolute Gasteiger partial charge is 0.180 e. The van der Waals surface area contributed by atoms with Gasteiger partial charge in [-0.3, -0.25) is 0 Å². The van der Waals surface area contributed by atoms with Crippen molar-refractivity contribution in [3.8, 4) is 11.5 Å². The first kappa shape index (κ1) is 21.6. The molecule has 0 saturated carbocycles. The molecule has 1 N–H and O–H groups in total. The van der Waals surface area contributed by atoms with Gasteiger partial charge in [0.1, 0.15) is 12.4 Å². The average molecular weight is 388 g/mol. The van der Waals surface area contributed by atoms with Crippen molar-refractivity contribution >= 4 is 24.0 Å². The molecule has 0 heterocycles. The summed E-state index contributed by atoms with van der Waals surface area (Å²) in [4.78, 5) is 0. The fourth-order valence-electron chi connectivity index (χ4n) is 2.15. The Balaban J connectivity index is 0.00000312. The maximum atomic E-state index is 13.7. The number of halogens is 3. The van der Waals surface area contributed by atoms with Crippen molar-refractivity contribution in [2.75, 3.05) is 7.11 Å². The van der Waals surface area contributed by atoms with Crippen LogP contribution in [0.25, 0.3) is 0 Å². The monoisotopic (exact) mass is 387 g/mol. The van der Waals surface area contributed by atoms with Crippen molar-refractivity contribution in [3.05, 3.63) is 58.4 Å². The Morgan fingerprint density at radius 2 is 1.84 bits per heavy atom. The van der Waals surface area contributed by atoms with E-state index in [9.17, 15) is 4.39 Å². The maximum Gasteiger partial charge on any atom is 0.180 e. The van der Waals surface area contributed by atoms with E-state index in [-0.39, 0.29) is 30.4 Å². The van der Waals surface area contributed by atoms with E-state index in [1.54, 1.807) is 25.3 Å². The highest BCUT2D eigenvalue weighted by Gasteiger charge is 2.15. The number of hydrogen-bond donors (Lipinski definition) is 1. The molecule has 2 aromatic carbocycles. The van der Waals surface area contributed by atoms with Crippen LogP contribution in [0.4, 0.5) is 4.39 Å². The minimum atomic E-state index is -0.307. The zero-order valence-corrected chi connectivity index (χ0v) is 16.4. The van der Waals surface area contributed by atoms with Gasteiger partial charge in [0.2, 0.25) is 0 Å². The molecule has 2 aromatic rings. The normalized spacial score (nSPS) is 11.0. The van der Waals surface area contributed by atoms with Crippen molar-refractivity contribution in [2.45, 2.75) is 39.5 Å². The first-order valence-corrected chi connectivity index (χ1v) is 8.15. The molecule has 138 valence electrons. The van der Waals surface area contributed by atoms with E-state index in [1.165, 1.54) is 6.07 Å². The molecule has 3 nitrogen and oxygen atoms in total. The van der Waals surface area contributed by atoms with E-state index in [0.29, 0.717) is 28.6 Å². The first-order chi connectivity index (χ1) is 11.3. The summed E-state index contributed by atoms with van der Waals surface area (Å²) in [6.45, 7) is 7.03. The SMILES string of the molecule is COc1cc(CNC(C)(C)C)cc(Cl)c1OCc1ccccc1F.Cl. The van der Waals surface area contributed by atoms with E-state index in [0.717, 1.165) is 5.56 Å². The molecule has 0 unspecified atom stereocenters. The van der Waals surface area contributed by atoms with Gasteiger partial charge in [-0.25, -0.2) is 4.39 Å². The molecule has 0 atom stereocenters. The van der Waals surface area contributed by atoms with Crippen LogP contribution in [0.3, 0.4) is 0 Å². The van der Waals surface area contributed by atoms with Crippen LogP contribution in [0.15, 0.2) is 36.4 Å². The van der Waals surface area contributed by atoms with Gasteiger partial charge in [-0.1, -0.05) is 29.8 Å². The molecule has 0 saturated heterocycles. The maximum absolute atomic E-state index is 13.7. The second-order valence-electron chi connectivity index (χ2n) is 6.59. The van der Waals surface area contributed by atoms with Gasteiger partial charge in [0.25, 0.3) is 0 Å². The van der Waals surface area contributed by atoms with Gasteiger partial charge < -0.3 is 14.8 Å². The quantitative estimate of drug-likeness (QED) is 0.721. The lowest BCUT2D eigenvalue weighted by Crippen LogP contribution is -2.35. The standard InChI is InChI=1S/C19H23ClFNO2.ClH/c1-19(2,3)22-11-13-9-15(20)18(17(10-13)23-4)24-12-14-7-5-6-8-16(14)21;/h5-10,22H,11-12H2,1-4H3;1H. The molecular formula is C19H24Cl2FNO2. The van der Waals surface area contributed by atoms with Gasteiger partial charge in [-0.2, -0.15) is 0 Å². The van der Waals surface area contributed by atoms with Crippen LogP contribution in [0.5, 0.6) is 11.5 Å². The number of rotatable bonds is 6.